The second-order valence-electron chi connectivity index (χ2n) is 7.76. The molecule has 2 heterocycles. The molecule has 0 aliphatic carbocycles. The standard InChI is InChI=1S/C25H23NO5/c1-16(27)17-2-4-18(5-3-17)25(28)26-10-11-29-22-8-6-19(12-21(22)14-26)20-7-9-23-24(13-20)31-15-30-23/h2-9,12-13,16,27H,10-11,14-15H2,1H3. The number of aliphatic hydroxyl groups is 1. The summed E-state index contributed by atoms with van der Waals surface area (Å²) >= 11 is 0. The lowest BCUT2D eigenvalue weighted by molar-refractivity contribution is 0.0733. The van der Waals surface area contributed by atoms with Gasteiger partial charge in [-0.3, -0.25) is 4.79 Å². The molecule has 1 amide bonds. The number of rotatable bonds is 3. The highest BCUT2D eigenvalue weighted by molar-refractivity contribution is 5.94. The third-order valence-corrected chi connectivity index (χ3v) is 5.67. The first-order valence-electron chi connectivity index (χ1n) is 10.3. The van der Waals surface area contributed by atoms with Gasteiger partial charge in [0.05, 0.1) is 12.6 Å². The Morgan fingerprint density at radius 2 is 1.61 bits per heavy atom. The summed E-state index contributed by atoms with van der Waals surface area (Å²) in [5, 5.41) is 9.69. The van der Waals surface area contributed by atoms with Gasteiger partial charge in [-0.1, -0.05) is 24.3 Å². The molecule has 5 rings (SSSR count). The number of hydrogen-bond acceptors (Lipinski definition) is 5. The molecule has 31 heavy (non-hydrogen) atoms. The number of nitrogens with zero attached hydrogens (tertiary/aromatic N) is 1. The smallest absolute Gasteiger partial charge is 0.254 e. The van der Waals surface area contributed by atoms with Crippen molar-refractivity contribution in [2.45, 2.75) is 19.6 Å². The molecule has 6 heteroatoms. The molecule has 0 radical (unpaired) electrons. The lowest BCUT2D eigenvalue weighted by atomic mass is 10.0. The van der Waals surface area contributed by atoms with E-state index in [9.17, 15) is 9.90 Å². The Labute approximate surface area is 180 Å². The summed E-state index contributed by atoms with van der Waals surface area (Å²) in [5.41, 5.74) is 4.38. The zero-order valence-corrected chi connectivity index (χ0v) is 17.2. The highest BCUT2D eigenvalue weighted by atomic mass is 16.7. The first-order chi connectivity index (χ1) is 15.1. The van der Waals surface area contributed by atoms with Gasteiger partial charge in [0.2, 0.25) is 6.79 Å². The molecule has 3 aromatic rings. The molecule has 0 saturated carbocycles. The number of aliphatic hydroxyl groups excluding tert-OH is 1. The van der Waals surface area contributed by atoms with Gasteiger partial charge in [-0.2, -0.15) is 0 Å². The maximum atomic E-state index is 13.1. The normalized spacial score (nSPS) is 15.6. The molecule has 2 aliphatic rings. The van der Waals surface area contributed by atoms with Crippen molar-refractivity contribution < 1.29 is 24.1 Å². The Morgan fingerprint density at radius 1 is 0.903 bits per heavy atom. The molecule has 0 spiro atoms. The highest BCUT2D eigenvalue weighted by Gasteiger charge is 2.22. The molecular formula is C25H23NO5. The maximum Gasteiger partial charge on any atom is 0.254 e. The number of fused-ring (bicyclic) bond motifs is 2. The van der Waals surface area contributed by atoms with Crippen LogP contribution in [0, 0.1) is 0 Å². The molecule has 1 unspecified atom stereocenters. The molecule has 6 nitrogen and oxygen atoms in total. The number of hydrogen-bond donors (Lipinski definition) is 1. The van der Waals surface area contributed by atoms with E-state index in [1.807, 2.05) is 30.3 Å². The SMILES string of the molecule is CC(O)c1ccc(C(=O)N2CCOc3ccc(-c4ccc5c(c4)OCO5)cc3C2)cc1. The van der Waals surface area contributed by atoms with Gasteiger partial charge < -0.3 is 24.2 Å². The van der Waals surface area contributed by atoms with Gasteiger partial charge in [-0.25, -0.2) is 0 Å². The van der Waals surface area contributed by atoms with Crippen molar-refractivity contribution in [3.63, 3.8) is 0 Å². The fraction of sp³-hybridized carbons (Fsp3) is 0.240. The number of carbonyl (C=O) groups excluding carboxylic acids is 1. The Balaban J connectivity index is 1.40. The Bertz CT molecular complexity index is 1120. The topological polar surface area (TPSA) is 68.2 Å². The van der Waals surface area contributed by atoms with Gasteiger partial charge >= 0.3 is 0 Å². The molecule has 2 aliphatic heterocycles. The van der Waals surface area contributed by atoms with Crippen LogP contribution in [0.2, 0.25) is 0 Å². The molecule has 1 atom stereocenters. The lowest BCUT2D eigenvalue weighted by Gasteiger charge is -2.20. The highest BCUT2D eigenvalue weighted by Crippen LogP contribution is 2.37. The van der Waals surface area contributed by atoms with Gasteiger partial charge in [0.15, 0.2) is 11.5 Å². The van der Waals surface area contributed by atoms with Crippen molar-refractivity contribution in [2.75, 3.05) is 19.9 Å². The average molecular weight is 417 g/mol. The van der Waals surface area contributed by atoms with E-state index in [-0.39, 0.29) is 12.7 Å². The van der Waals surface area contributed by atoms with Gasteiger partial charge in [-0.05, 0) is 60.0 Å². The summed E-state index contributed by atoms with van der Waals surface area (Å²) in [6.07, 6.45) is -0.558. The monoisotopic (exact) mass is 417 g/mol. The largest absolute Gasteiger partial charge is 0.491 e. The Kier molecular flexibility index (Phi) is 5.00. The minimum atomic E-state index is -0.558. The molecule has 158 valence electrons. The van der Waals surface area contributed by atoms with Crippen molar-refractivity contribution in [3.8, 4) is 28.4 Å². The van der Waals surface area contributed by atoms with Crippen LogP contribution < -0.4 is 14.2 Å². The predicted molar refractivity (Wildman–Crippen MR) is 115 cm³/mol. The van der Waals surface area contributed by atoms with Gasteiger partial charge in [0, 0.05) is 17.7 Å². The van der Waals surface area contributed by atoms with Gasteiger partial charge in [0.1, 0.15) is 12.4 Å². The molecule has 0 saturated heterocycles. The molecule has 1 N–H and O–H groups in total. The summed E-state index contributed by atoms with van der Waals surface area (Å²) in [6.45, 7) is 3.35. The fourth-order valence-electron chi connectivity index (χ4n) is 3.91. The number of ether oxygens (including phenoxy) is 3. The molecule has 3 aromatic carbocycles. The van der Waals surface area contributed by atoms with Crippen LogP contribution in [0.5, 0.6) is 17.2 Å². The van der Waals surface area contributed by atoms with Crippen molar-refractivity contribution >= 4 is 5.91 Å². The fourth-order valence-corrected chi connectivity index (χ4v) is 3.91. The van der Waals surface area contributed by atoms with Crippen LogP contribution in [0.3, 0.4) is 0 Å². The van der Waals surface area contributed by atoms with Gasteiger partial charge in [0.25, 0.3) is 5.91 Å². The Morgan fingerprint density at radius 3 is 2.39 bits per heavy atom. The van der Waals surface area contributed by atoms with E-state index >= 15 is 0 Å². The first kappa shape index (κ1) is 19.5. The number of amides is 1. The van der Waals surface area contributed by atoms with Crippen LogP contribution in [0.15, 0.2) is 60.7 Å². The summed E-state index contributed by atoms with van der Waals surface area (Å²) < 4.78 is 16.8. The molecular weight excluding hydrogens is 394 g/mol. The van der Waals surface area contributed by atoms with E-state index < -0.39 is 6.10 Å². The second kappa shape index (κ2) is 7.96. The molecule has 0 aromatic heterocycles. The van der Waals surface area contributed by atoms with Crippen molar-refractivity contribution in [1.29, 1.82) is 0 Å². The van der Waals surface area contributed by atoms with Crippen LogP contribution in [-0.2, 0) is 6.54 Å². The number of carbonyl (C=O) groups is 1. The average Bonchev–Trinajstić information content (AvgIpc) is 3.16. The summed E-state index contributed by atoms with van der Waals surface area (Å²) in [7, 11) is 0. The molecule has 0 bridgehead atoms. The third kappa shape index (κ3) is 3.82. The summed E-state index contributed by atoms with van der Waals surface area (Å²) in [4.78, 5) is 14.9. The minimum absolute atomic E-state index is 0.0536. The zero-order valence-electron chi connectivity index (χ0n) is 17.2. The van der Waals surface area contributed by atoms with Crippen LogP contribution in [0.25, 0.3) is 11.1 Å². The van der Waals surface area contributed by atoms with Crippen LogP contribution in [-0.4, -0.2) is 35.9 Å². The van der Waals surface area contributed by atoms with E-state index in [4.69, 9.17) is 14.2 Å². The summed E-state index contributed by atoms with van der Waals surface area (Å²) in [5.74, 6) is 2.23. The third-order valence-electron chi connectivity index (χ3n) is 5.67. The van der Waals surface area contributed by atoms with E-state index in [1.54, 1.807) is 36.1 Å². The minimum Gasteiger partial charge on any atom is -0.491 e. The van der Waals surface area contributed by atoms with E-state index in [0.717, 1.165) is 39.5 Å². The molecule has 0 fully saturated rings. The Hall–Kier alpha value is -3.51. The van der Waals surface area contributed by atoms with E-state index in [2.05, 4.69) is 6.07 Å². The summed E-state index contributed by atoms with van der Waals surface area (Å²) in [6, 6.07) is 19.0. The lowest BCUT2D eigenvalue weighted by Crippen LogP contribution is -2.32. The maximum absolute atomic E-state index is 13.1. The second-order valence-corrected chi connectivity index (χ2v) is 7.76. The van der Waals surface area contributed by atoms with E-state index in [0.29, 0.717) is 25.3 Å². The van der Waals surface area contributed by atoms with Crippen LogP contribution in [0.1, 0.15) is 34.5 Å². The zero-order chi connectivity index (χ0) is 21.4. The quantitative estimate of drug-likeness (QED) is 0.693. The van der Waals surface area contributed by atoms with Crippen LogP contribution in [0.4, 0.5) is 0 Å². The number of benzene rings is 3. The first-order valence-corrected chi connectivity index (χ1v) is 10.3. The van der Waals surface area contributed by atoms with Crippen molar-refractivity contribution in [3.05, 3.63) is 77.4 Å². The van der Waals surface area contributed by atoms with Crippen molar-refractivity contribution in [2.24, 2.45) is 0 Å². The van der Waals surface area contributed by atoms with Crippen LogP contribution >= 0.6 is 0 Å². The van der Waals surface area contributed by atoms with Gasteiger partial charge in [-0.15, -0.1) is 0 Å². The van der Waals surface area contributed by atoms with Crippen molar-refractivity contribution in [1.82, 2.24) is 4.90 Å². The van der Waals surface area contributed by atoms with E-state index in [1.165, 1.54) is 0 Å². The predicted octanol–water partition coefficient (Wildman–Crippen LogP) is 4.17.